The zero-order valence-electron chi connectivity index (χ0n) is 13.8. The van der Waals surface area contributed by atoms with Crippen LogP contribution in [-0.2, 0) is 10.0 Å². The van der Waals surface area contributed by atoms with Gasteiger partial charge in [0, 0.05) is 32.2 Å². The molecule has 3 aromatic rings. The molecule has 0 aliphatic carbocycles. The smallest absolute Gasteiger partial charge is 0.298 e. The largest absolute Gasteiger partial charge is 0.423 e. The summed E-state index contributed by atoms with van der Waals surface area (Å²) >= 11 is 0. The number of oxazole rings is 1. The lowest BCUT2D eigenvalue weighted by Gasteiger charge is -2.35. The van der Waals surface area contributed by atoms with E-state index >= 15 is 0 Å². The first-order chi connectivity index (χ1) is 12.4. The van der Waals surface area contributed by atoms with Gasteiger partial charge in [0.05, 0.1) is 5.69 Å². The molecule has 1 aliphatic rings. The molecule has 7 nitrogen and oxygen atoms in total. The maximum Gasteiger partial charge on any atom is 0.298 e. The van der Waals surface area contributed by atoms with E-state index in [4.69, 9.17) is 9.56 Å². The summed E-state index contributed by atoms with van der Waals surface area (Å²) in [5.41, 5.74) is 1.60. The van der Waals surface area contributed by atoms with Gasteiger partial charge in [0.15, 0.2) is 5.58 Å². The van der Waals surface area contributed by atoms with Gasteiger partial charge in [-0.1, -0.05) is 12.1 Å². The van der Waals surface area contributed by atoms with E-state index < -0.39 is 10.0 Å². The Balaban J connectivity index is 1.54. The number of primary sulfonamides is 1. The monoisotopic (exact) mass is 376 g/mol. The fourth-order valence-electron chi connectivity index (χ4n) is 3.12. The Bertz CT molecular complexity index is 1060. The lowest BCUT2D eigenvalue weighted by atomic mass is 10.2. The highest BCUT2D eigenvalue weighted by Gasteiger charge is 2.24. The van der Waals surface area contributed by atoms with Crippen molar-refractivity contribution in [3.05, 3.63) is 48.3 Å². The molecule has 0 unspecified atom stereocenters. The van der Waals surface area contributed by atoms with Crippen LogP contribution in [-0.4, -0.2) is 39.6 Å². The van der Waals surface area contributed by atoms with E-state index in [9.17, 15) is 12.8 Å². The first-order valence-electron chi connectivity index (χ1n) is 8.10. The fourth-order valence-corrected chi connectivity index (χ4v) is 3.88. The molecule has 0 spiro atoms. The summed E-state index contributed by atoms with van der Waals surface area (Å²) < 4.78 is 42.6. The average molecular weight is 376 g/mol. The van der Waals surface area contributed by atoms with E-state index in [2.05, 4.69) is 4.98 Å². The lowest BCUT2D eigenvalue weighted by Crippen LogP contribution is -2.47. The topological polar surface area (TPSA) is 92.7 Å². The molecule has 136 valence electrons. The van der Waals surface area contributed by atoms with Crippen LogP contribution in [0.5, 0.6) is 0 Å². The highest BCUT2D eigenvalue weighted by atomic mass is 32.2. The number of rotatable bonds is 3. The minimum absolute atomic E-state index is 0.116. The SMILES string of the molecule is NS(=O)(=O)c1ccccc1N1CCN(c2nc3cc(F)ccc3o2)CC1. The summed E-state index contributed by atoms with van der Waals surface area (Å²) in [5.74, 6) is -0.359. The summed E-state index contributed by atoms with van der Waals surface area (Å²) in [6.45, 7) is 2.35. The van der Waals surface area contributed by atoms with Crippen LogP contribution < -0.4 is 14.9 Å². The quantitative estimate of drug-likeness (QED) is 0.751. The molecule has 4 rings (SSSR count). The van der Waals surface area contributed by atoms with E-state index in [1.807, 2.05) is 9.80 Å². The second-order valence-electron chi connectivity index (χ2n) is 6.10. The van der Waals surface area contributed by atoms with Gasteiger partial charge in [-0.25, -0.2) is 17.9 Å². The maximum absolute atomic E-state index is 13.3. The number of nitrogens with zero attached hydrogens (tertiary/aromatic N) is 3. The van der Waals surface area contributed by atoms with Gasteiger partial charge in [-0.2, -0.15) is 4.98 Å². The number of piperazine rings is 1. The van der Waals surface area contributed by atoms with Crippen molar-refractivity contribution < 1.29 is 17.2 Å². The van der Waals surface area contributed by atoms with Crippen LogP contribution in [0.4, 0.5) is 16.1 Å². The predicted molar refractivity (Wildman–Crippen MR) is 96.2 cm³/mol. The van der Waals surface area contributed by atoms with Crippen LogP contribution in [0.2, 0.25) is 0 Å². The normalized spacial score (nSPS) is 15.6. The highest BCUT2D eigenvalue weighted by Crippen LogP contribution is 2.27. The zero-order valence-corrected chi connectivity index (χ0v) is 14.6. The first-order valence-corrected chi connectivity index (χ1v) is 9.64. The molecule has 2 N–H and O–H groups in total. The molecule has 1 aromatic heterocycles. The van der Waals surface area contributed by atoms with Gasteiger partial charge in [0.1, 0.15) is 16.2 Å². The van der Waals surface area contributed by atoms with Gasteiger partial charge >= 0.3 is 0 Å². The van der Waals surface area contributed by atoms with Gasteiger partial charge < -0.3 is 14.2 Å². The Labute approximate surface area is 149 Å². The molecule has 2 heterocycles. The molecule has 0 amide bonds. The van der Waals surface area contributed by atoms with Crippen molar-refractivity contribution in [1.29, 1.82) is 0 Å². The van der Waals surface area contributed by atoms with E-state index in [-0.39, 0.29) is 10.7 Å². The molecule has 1 saturated heterocycles. The zero-order chi connectivity index (χ0) is 18.3. The molecule has 9 heteroatoms. The Morgan fingerprint density at radius 1 is 1.04 bits per heavy atom. The number of aromatic nitrogens is 1. The third-order valence-electron chi connectivity index (χ3n) is 4.40. The molecule has 0 saturated carbocycles. The van der Waals surface area contributed by atoms with Crippen LogP contribution in [0.1, 0.15) is 0 Å². The van der Waals surface area contributed by atoms with Crippen LogP contribution in [0.15, 0.2) is 51.8 Å². The van der Waals surface area contributed by atoms with Crippen molar-refractivity contribution in [2.45, 2.75) is 4.90 Å². The number of para-hydroxylation sites is 1. The Kier molecular flexibility index (Phi) is 4.04. The van der Waals surface area contributed by atoms with Gasteiger partial charge in [0.2, 0.25) is 10.0 Å². The number of hydrogen-bond acceptors (Lipinski definition) is 6. The molecule has 0 radical (unpaired) electrons. The van der Waals surface area contributed by atoms with Crippen LogP contribution >= 0.6 is 0 Å². The maximum atomic E-state index is 13.3. The Morgan fingerprint density at radius 2 is 1.73 bits per heavy atom. The van der Waals surface area contributed by atoms with Gasteiger partial charge in [-0.3, -0.25) is 0 Å². The summed E-state index contributed by atoms with van der Waals surface area (Å²) in [7, 11) is -3.79. The summed E-state index contributed by atoms with van der Waals surface area (Å²) in [6, 6.07) is 11.3. The molecule has 1 aliphatic heterocycles. The number of hydrogen-bond donors (Lipinski definition) is 1. The third kappa shape index (κ3) is 3.11. The lowest BCUT2D eigenvalue weighted by molar-refractivity contribution is 0.540. The average Bonchev–Trinajstić information content (AvgIpc) is 3.04. The van der Waals surface area contributed by atoms with Crippen molar-refractivity contribution in [1.82, 2.24) is 4.98 Å². The minimum atomic E-state index is -3.79. The van der Waals surface area contributed by atoms with Crippen LogP contribution in [0.3, 0.4) is 0 Å². The van der Waals surface area contributed by atoms with E-state index in [0.29, 0.717) is 49.0 Å². The fraction of sp³-hybridized carbons (Fsp3) is 0.235. The second kappa shape index (κ2) is 6.26. The van der Waals surface area contributed by atoms with Crippen LogP contribution in [0.25, 0.3) is 11.1 Å². The first kappa shape index (κ1) is 16.8. The minimum Gasteiger partial charge on any atom is -0.423 e. The molecular weight excluding hydrogens is 359 g/mol. The van der Waals surface area contributed by atoms with E-state index in [1.165, 1.54) is 18.2 Å². The molecule has 0 bridgehead atoms. The Hall–Kier alpha value is -2.65. The van der Waals surface area contributed by atoms with Gasteiger partial charge in [-0.05, 0) is 24.3 Å². The molecule has 1 fully saturated rings. The van der Waals surface area contributed by atoms with E-state index in [0.717, 1.165) is 0 Å². The number of anilines is 2. The van der Waals surface area contributed by atoms with Gasteiger partial charge in [0.25, 0.3) is 6.01 Å². The van der Waals surface area contributed by atoms with Crippen LogP contribution in [0, 0.1) is 5.82 Å². The summed E-state index contributed by atoms with van der Waals surface area (Å²) in [6.07, 6.45) is 0. The number of halogens is 1. The number of nitrogens with two attached hydrogens (primary N) is 1. The van der Waals surface area contributed by atoms with Crippen molar-refractivity contribution in [2.24, 2.45) is 5.14 Å². The van der Waals surface area contributed by atoms with E-state index in [1.54, 1.807) is 24.3 Å². The van der Waals surface area contributed by atoms with Crippen molar-refractivity contribution in [2.75, 3.05) is 36.0 Å². The number of sulfonamides is 1. The van der Waals surface area contributed by atoms with Gasteiger partial charge in [-0.15, -0.1) is 0 Å². The molecule has 0 atom stereocenters. The Morgan fingerprint density at radius 3 is 2.46 bits per heavy atom. The van der Waals surface area contributed by atoms with Crippen molar-refractivity contribution in [3.63, 3.8) is 0 Å². The van der Waals surface area contributed by atoms with Crippen molar-refractivity contribution in [3.8, 4) is 0 Å². The number of fused-ring (bicyclic) bond motifs is 1. The molecular formula is C17H17FN4O3S. The summed E-state index contributed by atoms with van der Waals surface area (Å²) in [5, 5.41) is 5.32. The molecule has 2 aromatic carbocycles. The standard InChI is InChI=1S/C17H17FN4O3S/c18-12-5-6-15-13(11-12)20-17(25-15)22-9-7-21(8-10-22)14-3-1-2-4-16(14)26(19,23)24/h1-6,11H,7-10H2,(H2,19,23,24). The number of benzene rings is 2. The molecule has 26 heavy (non-hydrogen) atoms. The third-order valence-corrected chi connectivity index (χ3v) is 5.36. The summed E-state index contributed by atoms with van der Waals surface area (Å²) in [4.78, 5) is 8.38. The van der Waals surface area contributed by atoms with Crippen molar-refractivity contribution >= 4 is 32.8 Å². The highest BCUT2D eigenvalue weighted by molar-refractivity contribution is 7.89. The second-order valence-corrected chi connectivity index (χ2v) is 7.63. The predicted octanol–water partition coefficient (Wildman–Crippen LogP) is 1.94.